The number of halogens is 1. The molecule has 3 N–H and O–H groups in total. The van der Waals surface area contributed by atoms with Crippen LogP contribution >= 0.6 is 11.6 Å². The molecule has 1 fully saturated rings. The Labute approximate surface area is 174 Å². The number of nitrogens with zero attached hydrogens (tertiary/aromatic N) is 3. The van der Waals surface area contributed by atoms with E-state index in [2.05, 4.69) is 25.6 Å². The summed E-state index contributed by atoms with van der Waals surface area (Å²) in [6.45, 7) is 2.04. The molecule has 29 heavy (non-hydrogen) atoms. The number of aliphatic imine (C=N–C) groups is 1. The van der Waals surface area contributed by atoms with Crippen molar-refractivity contribution in [1.82, 2.24) is 20.3 Å². The summed E-state index contributed by atoms with van der Waals surface area (Å²) in [5, 5.41) is 6.84. The lowest BCUT2D eigenvalue weighted by Crippen LogP contribution is -2.33. The third-order valence-electron chi connectivity index (χ3n) is 5.29. The van der Waals surface area contributed by atoms with Crippen molar-refractivity contribution in [2.45, 2.75) is 25.8 Å². The number of nitrogens with one attached hydrogen (secondary N) is 3. The normalized spacial score (nSPS) is 15.4. The maximum Gasteiger partial charge on any atom is 0.255 e. The number of hydrogen-bond donors (Lipinski definition) is 3. The van der Waals surface area contributed by atoms with Crippen LogP contribution in [0.4, 0.5) is 5.69 Å². The zero-order valence-corrected chi connectivity index (χ0v) is 17.3. The molecule has 1 saturated carbocycles. The fourth-order valence-corrected chi connectivity index (χ4v) is 3.65. The Morgan fingerprint density at radius 1 is 1.34 bits per heavy atom. The molecule has 0 radical (unpaired) electrons. The van der Waals surface area contributed by atoms with E-state index in [1.165, 1.54) is 12.8 Å². The Balaban J connectivity index is 1.72. The number of carbonyl (C=O) groups excluding carboxylic acids is 1. The van der Waals surface area contributed by atoms with Crippen LogP contribution in [0.2, 0.25) is 5.02 Å². The molecule has 1 amide bonds. The highest BCUT2D eigenvalue weighted by molar-refractivity contribution is 6.31. The average molecular weight is 411 g/mol. The van der Waals surface area contributed by atoms with E-state index in [0.717, 1.165) is 11.3 Å². The largest absolute Gasteiger partial charge is 0.388 e. The fourth-order valence-electron chi connectivity index (χ4n) is 3.48. The first-order chi connectivity index (χ1) is 14.0. The summed E-state index contributed by atoms with van der Waals surface area (Å²) in [6.07, 6.45) is 5.66. The number of aromatic amines is 1. The zero-order valence-electron chi connectivity index (χ0n) is 16.6. The molecule has 1 aliphatic rings. The molecule has 7 nitrogen and oxygen atoms in total. The minimum Gasteiger partial charge on any atom is -0.388 e. The Morgan fingerprint density at radius 2 is 2.14 bits per heavy atom. The van der Waals surface area contributed by atoms with Crippen molar-refractivity contribution >= 4 is 40.1 Å². The topological polar surface area (TPSA) is 95.1 Å². The van der Waals surface area contributed by atoms with E-state index in [0.29, 0.717) is 39.1 Å². The lowest BCUT2D eigenvalue weighted by atomic mass is 10.0. The predicted molar refractivity (Wildman–Crippen MR) is 116 cm³/mol. The van der Waals surface area contributed by atoms with Crippen molar-refractivity contribution in [3.63, 3.8) is 0 Å². The van der Waals surface area contributed by atoms with Gasteiger partial charge in [-0.3, -0.25) is 9.79 Å². The van der Waals surface area contributed by atoms with Gasteiger partial charge in [0.1, 0.15) is 11.2 Å². The molecule has 3 aromatic rings. The molecule has 150 valence electrons. The van der Waals surface area contributed by atoms with Crippen molar-refractivity contribution in [2.75, 3.05) is 19.4 Å². The van der Waals surface area contributed by atoms with Gasteiger partial charge in [-0.15, -0.1) is 0 Å². The molecule has 0 saturated heterocycles. The molecule has 0 spiro atoms. The molecule has 1 aromatic carbocycles. The SMILES string of the molecule is CN=C(c1cnc2[nH]cc(C(=O)N[C@@H](C)C3CC3)c2n1)c1ccc(Cl)cc1NC. The van der Waals surface area contributed by atoms with Crippen molar-refractivity contribution in [1.29, 1.82) is 0 Å². The van der Waals surface area contributed by atoms with E-state index in [1.807, 2.05) is 32.2 Å². The summed E-state index contributed by atoms with van der Waals surface area (Å²) in [7, 11) is 3.53. The highest BCUT2D eigenvalue weighted by atomic mass is 35.5. The van der Waals surface area contributed by atoms with Gasteiger partial charge >= 0.3 is 0 Å². The van der Waals surface area contributed by atoms with Crippen LogP contribution in [0.3, 0.4) is 0 Å². The van der Waals surface area contributed by atoms with Crippen LogP contribution in [0, 0.1) is 5.92 Å². The number of fused-ring (bicyclic) bond motifs is 1. The van der Waals surface area contributed by atoms with Crippen molar-refractivity contribution < 1.29 is 4.79 Å². The quantitative estimate of drug-likeness (QED) is 0.540. The maximum atomic E-state index is 12.8. The van der Waals surface area contributed by atoms with Crippen molar-refractivity contribution in [3.05, 3.63) is 52.4 Å². The summed E-state index contributed by atoms with van der Waals surface area (Å²) < 4.78 is 0. The number of aromatic nitrogens is 3. The molecule has 8 heteroatoms. The number of hydrogen-bond acceptors (Lipinski definition) is 5. The molecular weight excluding hydrogens is 388 g/mol. The summed E-state index contributed by atoms with van der Waals surface area (Å²) in [5.74, 6) is 0.439. The fraction of sp³-hybridized carbons (Fsp3) is 0.333. The second-order valence-corrected chi connectivity index (χ2v) is 7.70. The predicted octanol–water partition coefficient (Wildman–Crippen LogP) is 3.65. The van der Waals surface area contributed by atoms with E-state index in [4.69, 9.17) is 16.6 Å². The van der Waals surface area contributed by atoms with Gasteiger partial charge in [0.15, 0.2) is 5.65 Å². The minimum absolute atomic E-state index is 0.139. The van der Waals surface area contributed by atoms with Crippen LogP contribution in [0.25, 0.3) is 11.2 Å². The van der Waals surface area contributed by atoms with E-state index in [1.54, 1.807) is 19.4 Å². The summed E-state index contributed by atoms with van der Waals surface area (Å²) in [4.78, 5) is 29.4. The van der Waals surface area contributed by atoms with Gasteiger partial charge in [0, 0.05) is 42.6 Å². The number of amides is 1. The first kappa shape index (κ1) is 19.4. The second kappa shape index (κ2) is 7.83. The van der Waals surface area contributed by atoms with Gasteiger partial charge in [0.25, 0.3) is 5.91 Å². The number of H-pyrrole nitrogens is 1. The lowest BCUT2D eigenvalue weighted by molar-refractivity contribution is 0.0937. The van der Waals surface area contributed by atoms with Crippen LogP contribution in [-0.2, 0) is 0 Å². The summed E-state index contributed by atoms with van der Waals surface area (Å²) in [6, 6.07) is 5.69. The number of rotatable bonds is 6. The minimum atomic E-state index is -0.139. The average Bonchev–Trinajstić information content (AvgIpc) is 3.49. The molecule has 0 unspecified atom stereocenters. The molecule has 4 rings (SSSR count). The summed E-state index contributed by atoms with van der Waals surface area (Å²) in [5.41, 5.74) is 4.54. The first-order valence-electron chi connectivity index (χ1n) is 9.61. The Kier molecular flexibility index (Phi) is 5.24. The molecular formula is C21H23ClN6O. The monoisotopic (exact) mass is 410 g/mol. The van der Waals surface area contributed by atoms with Gasteiger partial charge < -0.3 is 15.6 Å². The van der Waals surface area contributed by atoms with E-state index < -0.39 is 0 Å². The number of carbonyl (C=O) groups is 1. The lowest BCUT2D eigenvalue weighted by Gasteiger charge is -2.13. The van der Waals surface area contributed by atoms with Gasteiger partial charge in [0.2, 0.25) is 0 Å². The highest BCUT2D eigenvalue weighted by Gasteiger charge is 2.29. The molecule has 1 atom stereocenters. The maximum absolute atomic E-state index is 12.8. The summed E-state index contributed by atoms with van der Waals surface area (Å²) >= 11 is 6.12. The van der Waals surface area contributed by atoms with Gasteiger partial charge in [-0.05, 0) is 43.9 Å². The van der Waals surface area contributed by atoms with Gasteiger partial charge in [0.05, 0.1) is 17.5 Å². The van der Waals surface area contributed by atoms with Gasteiger partial charge in [-0.2, -0.15) is 0 Å². The van der Waals surface area contributed by atoms with E-state index >= 15 is 0 Å². The van der Waals surface area contributed by atoms with Crippen LogP contribution in [0.5, 0.6) is 0 Å². The number of anilines is 1. The first-order valence-corrected chi connectivity index (χ1v) is 9.99. The third kappa shape index (κ3) is 3.82. The van der Waals surface area contributed by atoms with Crippen LogP contribution in [-0.4, -0.2) is 46.7 Å². The van der Waals surface area contributed by atoms with Crippen LogP contribution in [0.15, 0.2) is 35.6 Å². The van der Waals surface area contributed by atoms with E-state index in [9.17, 15) is 4.79 Å². The van der Waals surface area contributed by atoms with E-state index in [-0.39, 0.29) is 11.9 Å². The standard InChI is InChI=1S/C21H23ClN6O/c1-11(12-4-5-12)27-21(29)15-9-25-20-19(15)28-17(10-26-20)18(24-3)14-7-6-13(22)8-16(14)23-2/h6-12,23H,4-5H2,1-3H3,(H,25,26)(H,27,29)/t11-/m0/s1. The van der Waals surface area contributed by atoms with Crippen molar-refractivity contribution in [3.8, 4) is 0 Å². The third-order valence-corrected chi connectivity index (χ3v) is 5.52. The van der Waals surface area contributed by atoms with Crippen LogP contribution in [0.1, 0.15) is 41.4 Å². The highest BCUT2D eigenvalue weighted by Crippen LogP contribution is 2.32. The molecule has 0 aliphatic heterocycles. The van der Waals surface area contributed by atoms with Crippen molar-refractivity contribution in [2.24, 2.45) is 10.9 Å². The second-order valence-electron chi connectivity index (χ2n) is 7.27. The Morgan fingerprint density at radius 3 is 2.83 bits per heavy atom. The van der Waals surface area contributed by atoms with Gasteiger partial charge in [-0.25, -0.2) is 9.97 Å². The molecule has 1 aliphatic carbocycles. The molecule has 0 bridgehead atoms. The number of benzene rings is 1. The Bertz CT molecular complexity index is 1100. The molecule has 2 heterocycles. The smallest absolute Gasteiger partial charge is 0.255 e. The molecule has 2 aromatic heterocycles. The van der Waals surface area contributed by atoms with Gasteiger partial charge in [-0.1, -0.05) is 11.6 Å². The zero-order chi connectivity index (χ0) is 20.5. The Hall–Kier alpha value is -2.93. The van der Waals surface area contributed by atoms with Crippen LogP contribution < -0.4 is 10.6 Å².